The molecule has 1 aliphatic heterocycles. The number of nitrogens with two attached hydrogens (primary N) is 1. The number of hydrogen-bond donors (Lipinski definition) is 4. The van der Waals surface area contributed by atoms with Gasteiger partial charge in [0.25, 0.3) is 5.91 Å². The molecule has 1 amide bonds. The van der Waals surface area contributed by atoms with Crippen LogP contribution >= 0.6 is 11.6 Å². The number of aromatic nitrogens is 2. The maximum atomic E-state index is 12.2. The molecule has 0 unspecified atom stereocenters. The largest absolute Gasteiger partial charge is 0.508 e. The summed E-state index contributed by atoms with van der Waals surface area (Å²) in [6, 6.07) is 13.4. The highest BCUT2D eigenvalue weighted by molar-refractivity contribution is 6.33. The fourth-order valence-corrected chi connectivity index (χ4v) is 4.62. The minimum Gasteiger partial charge on any atom is -0.508 e. The maximum Gasteiger partial charge on any atom is 0.254 e. The summed E-state index contributed by atoms with van der Waals surface area (Å²) in [5, 5.41) is 20.5. The highest BCUT2D eigenvalue weighted by atomic mass is 35.5. The number of H-pyrrole nitrogens is 1. The molecule has 5 N–H and O–H groups in total. The van der Waals surface area contributed by atoms with Gasteiger partial charge < -0.3 is 21.1 Å². The number of phenolic OH excluding ortho intramolecular Hbond substituents is 1. The van der Waals surface area contributed by atoms with Crippen molar-refractivity contribution in [3.8, 4) is 5.75 Å². The Hall–Kier alpha value is -3.23. The van der Waals surface area contributed by atoms with Crippen LogP contribution < -0.4 is 16.0 Å². The van der Waals surface area contributed by atoms with Gasteiger partial charge in [0.2, 0.25) is 0 Å². The standard InChI is InChI=1S/C25H31ClN6O2/c1-16(2)31-9-11-32(12-10-31)22-8-5-18(13-20(22)26)14-21-23(24(27)34)25(30-29-21)28-15-17-3-6-19(33)7-4-17/h3-8,13,16,33H,9-12,14-15H2,1-2H3,(H2,27,34)(H2,28,29,30). The van der Waals surface area contributed by atoms with Gasteiger partial charge in [0.15, 0.2) is 5.82 Å². The van der Waals surface area contributed by atoms with Crippen LogP contribution in [-0.4, -0.2) is 58.3 Å². The SMILES string of the molecule is CC(C)N1CCN(c2ccc(Cc3[nH]nc(NCc4ccc(O)cc4)c3C(N)=O)cc2Cl)CC1. The Kier molecular flexibility index (Phi) is 7.29. The van der Waals surface area contributed by atoms with E-state index in [9.17, 15) is 9.90 Å². The molecule has 9 heteroatoms. The van der Waals surface area contributed by atoms with Gasteiger partial charge in [-0.3, -0.25) is 14.8 Å². The molecule has 34 heavy (non-hydrogen) atoms. The first kappa shape index (κ1) is 23.9. The van der Waals surface area contributed by atoms with E-state index in [1.165, 1.54) is 0 Å². The molecule has 0 atom stereocenters. The molecular weight excluding hydrogens is 452 g/mol. The number of phenols is 1. The van der Waals surface area contributed by atoms with E-state index in [-0.39, 0.29) is 5.75 Å². The molecule has 1 fully saturated rings. The number of hydrogen-bond acceptors (Lipinski definition) is 6. The van der Waals surface area contributed by atoms with E-state index in [0.29, 0.717) is 41.1 Å². The number of carbonyl (C=O) groups excluding carboxylic acids is 1. The van der Waals surface area contributed by atoms with E-state index in [1.807, 2.05) is 18.2 Å². The molecule has 3 aromatic rings. The molecule has 2 aromatic carbocycles. The van der Waals surface area contributed by atoms with E-state index in [1.54, 1.807) is 24.3 Å². The first-order chi connectivity index (χ1) is 16.3. The third kappa shape index (κ3) is 5.46. The van der Waals surface area contributed by atoms with Crippen molar-refractivity contribution in [3.63, 3.8) is 0 Å². The number of carbonyl (C=O) groups is 1. The highest BCUT2D eigenvalue weighted by Gasteiger charge is 2.22. The number of nitrogens with zero attached hydrogens (tertiary/aromatic N) is 3. The van der Waals surface area contributed by atoms with Crippen molar-refractivity contribution in [2.75, 3.05) is 36.4 Å². The van der Waals surface area contributed by atoms with Gasteiger partial charge in [0, 0.05) is 45.2 Å². The lowest BCUT2D eigenvalue weighted by Crippen LogP contribution is -2.49. The average molecular weight is 483 g/mol. The number of primary amides is 1. The lowest BCUT2D eigenvalue weighted by Gasteiger charge is -2.38. The highest BCUT2D eigenvalue weighted by Crippen LogP contribution is 2.30. The van der Waals surface area contributed by atoms with Crippen LogP contribution in [0.3, 0.4) is 0 Å². The van der Waals surface area contributed by atoms with Crippen LogP contribution in [0.15, 0.2) is 42.5 Å². The van der Waals surface area contributed by atoms with Crippen LogP contribution in [0.25, 0.3) is 0 Å². The van der Waals surface area contributed by atoms with Gasteiger partial charge in [-0.05, 0) is 49.2 Å². The number of nitrogens with one attached hydrogen (secondary N) is 2. The van der Waals surface area contributed by atoms with E-state index in [0.717, 1.165) is 43.0 Å². The topological polar surface area (TPSA) is 111 Å². The first-order valence-electron chi connectivity index (χ1n) is 11.5. The molecule has 0 spiro atoms. The molecule has 0 saturated carbocycles. The lowest BCUT2D eigenvalue weighted by molar-refractivity contribution is 0.100. The Morgan fingerprint density at radius 3 is 2.44 bits per heavy atom. The van der Waals surface area contributed by atoms with Crippen molar-refractivity contribution in [1.29, 1.82) is 0 Å². The first-order valence-corrected chi connectivity index (χ1v) is 11.9. The number of benzene rings is 2. The molecule has 1 aliphatic rings. The summed E-state index contributed by atoms with van der Waals surface area (Å²) in [5.74, 6) is 0.0511. The fourth-order valence-electron chi connectivity index (χ4n) is 4.30. The number of amides is 1. The van der Waals surface area contributed by atoms with Gasteiger partial charge in [0.1, 0.15) is 11.3 Å². The Morgan fingerprint density at radius 1 is 1.15 bits per heavy atom. The molecule has 1 aromatic heterocycles. The van der Waals surface area contributed by atoms with E-state index >= 15 is 0 Å². The van der Waals surface area contributed by atoms with Crippen LogP contribution in [0.2, 0.25) is 5.02 Å². The summed E-state index contributed by atoms with van der Waals surface area (Å²) in [5.41, 5.74) is 9.58. The quantitative estimate of drug-likeness (QED) is 0.390. The number of halogens is 1. The van der Waals surface area contributed by atoms with E-state index in [2.05, 4.69) is 39.2 Å². The van der Waals surface area contributed by atoms with Crippen LogP contribution in [0, 0.1) is 0 Å². The molecule has 4 rings (SSSR count). The van der Waals surface area contributed by atoms with Crippen LogP contribution in [-0.2, 0) is 13.0 Å². The summed E-state index contributed by atoms with van der Waals surface area (Å²) in [7, 11) is 0. The smallest absolute Gasteiger partial charge is 0.254 e. The third-order valence-electron chi connectivity index (χ3n) is 6.26. The number of aromatic amines is 1. The number of rotatable bonds is 8. The fraction of sp³-hybridized carbons (Fsp3) is 0.360. The Balaban J connectivity index is 1.45. The monoisotopic (exact) mass is 482 g/mol. The van der Waals surface area contributed by atoms with Gasteiger partial charge >= 0.3 is 0 Å². The molecule has 8 nitrogen and oxygen atoms in total. The molecule has 0 radical (unpaired) electrons. The second kappa shape index (κ2) is 10.4. The van der Waals surface area contributed by atoms with Crippen molar-refractivity contribution >= 4 is 29.0 Å². The minimum atomic E-state index is -0.553. The van der Waals surface area contributed by atoms with Crippen LogP contribution in [0.1, 0.15) is 41.0 Å². The number of anilines is 2. The van der Waals surface area contributed by atoms with Crippen molar-refractivity contribution in [3.05, 3.63) is 69.9 Å². The maximum absolute atomic E-state index is 12.2. The van der Waals surface area contributed by atoms with E-state index in [4.69, 9.17) is 17.3 Å². The molecule has 180 valence electrons. The van der Waals surface area contributed by atoms with Gasteiger partial charge in [-0.1, -0.05) is 29.8 Å². The lowest BCUT2D eigenvalue weighted by atomic mass is 10.0. The zero-order valence-electron chi connectivity index (χ0n) is 19.5. The normalized spacial score (nSPS) is 14.5. The third-order valence-corrected chi connectivity index (χ3v) is 6.56. The zero-order valence-corrected chi connectivity index (χ0v) is 20.3. The number of piperazine rings is 1. The van der Waals surface area contributed by atoms with Gasteiger partial charge in [0.05, 0.1) is 16.4 Å². The molecule has 2 heterocycles. The minimum absolute atomic E-state index is 0.200. The summed E-state index contributed by atoms with van der Waals surface area (Å²) in [6.07, 6.45) is 0.452. The van der Waals surface area contributed by atoms with Crippen molar-refractivity contribution in [1.82, 2.24) is 15.1 Å². The summed E-state index contributed by atoms with van der Waals surface area (Å²) in [4.78, 5) is 17.0. The molecule has 0 bridgehead atoms. The van der Waals surface area contributed by atoms with Gasteiger partial charge in [-0.2, -0.15) is 5.10 Å². The Morgan fingerprint density at radius 2 is 1.82 bits per heavy atom. The van der Waals surface area contributed by atoms with Crippen LogP contribution in [0.4, 0.5) is 11.5 Å². The molecule has 0 aliphatic carbocycles. The number of aromatic hydroxyl groups is 1. The predicted octanol–water partition coefficient (Wildman–Crippen LogP) is 3.60. The average Bonchev–Trinajstić information content (AvgIpc) is 3.21. The second-order valence-electron chi connectivity index (χ2n) is 8.89. The second-order valence-corrected chi connectivity index (χ2v) is 9.30. The van der Waals surface area contributed by atoms with Gasteiger partial charge in [-0.25, -0.2) is 0 Å². The summed E-state index contributed by atoms with van der Waals surface area (Å²) >= 11 is 6.66. The summed E-state index contributed by atoms with van der Waals surface area (Å²) in [6.45, 7) is 8.81. The van der Waals surface area contributed by atoms with Gasteiger partial charge in [-0.15, -0.1) is 0 Å². The van der Waals surface area contributed by atoms with Crippen molar-refractivity contribution < 1.29 is 9.90 Å². The van der Waals surface area contributed by atoms with Crippen LogP contribution in [0.5, 0.6) is 5.75 Å². The zero-order chi connectivity index (χ0) is 24.2. The van der Waals surface area contributed by atoms with Crippen molar-refractivity contribution in [2.24, 2.45) is 5.73 Å². The van der Waals surface area contributed by atoms with Crippen molar-refractivity contribution in [2.45, 2.75) is 32.9 Å². The Bertz CT molecular complexity index is 1140. The molecular formula is C25H31ClN6O2. The summed E-state index contributed by atoms with van der Waals surface area (Å²) < 4.78 is 0. The molecule has 1 saturated heterocycles. The van der Waals surface area contributed by atoms with E-state index < -0.39 is 5.91 Å². The predicted molar refractivity (Wildman–Crippen MR) is 136 cm³/mol. The Labute approximate surface area is 204 Å².